The number of carboxylic acid groups (broad SMARTS) is 2. The van der Waals surface area contributed by atoms with Crippen molar-refractivity contribution in [1.82, 2.24) is 25.9 Å². The van der Waals surface area contributed by atoms with Gasteiger partial charge in [0, 0.05) is 18.3 Å². The summed E-state index contributed by atoms with van der Waals surface area (Å²) in [5.74, 6) is -5.09. The highest BCUT2D eigenvalue weighted by Gasteiger charge is 2.31. The Balaban J connectivity index is 2.78. The lowest BCUT2D eigenvalue weighted by Gasteiger charge is -2.26. The molecule has 178 valence electrons. The number of carbonyl (C=O) groups is 5. The highest BCUT2D eigenvalue weighted by atomic mass is 16.4. The molecule has 32 heavy (non-hydrogen) atoms. The van der Waals surface area contributed by atoms with Crippen LogP contribution in [0.1, 0.15) is 39.3 Å². The number of aromatic amines is 1. The number of nitrogens with two attached hydrogens (primary N) is 1. The fourth-order valence-electron chi connectivity index (χ4n) is 2.72. The number of rotatable bonds is 13. The summed E-state index contributed by atoms with van der Waals surface area (Å²) in [7, 11) is 0. The second-order valence-electron chi connectivity index (χ2n) is 7.49. The molecule has 0 saturated carbocycles. The average Bonchev–Trinajstić information content (AvgIpc) is 3.22. The van der Waals surface area contributed by atoms with Gasteiger partial charge in [0.05, 0.1) is 18.8 Å². The molecule has 0 radical (unpaired) electrons. The summed E-state index contributed by atoms with van der Waals surface area (Å²) < 4.78 is 0. The fraction of sp³-hybridized carbons (Fsp3) is 0.579. The minimum absolute atomic E-state index is 0.0330. The first kappa shape index (κ1) is 26.6. The minimum atomic E-state index is -1.34. The van der Waals surface area contributed by atoms with Gasteiger partial charge in [-0.15, -0.1) is 0 Å². The average molecular weight is 454 g/mol. The second kappa shape index (κ2) is 12.4. The van der Waals surface area contributed by atoms with Gasteiger partial charge in [0.25, 0.3) is 0 Å². The van der Waals surface area contributed by atoms with E-state index in [0.29, 0.717) is 12.1 Å². The van der Waals surface area contributed by atoms with E-state index in [-0.39, 0.29) is 12.3 Å². The van der Waals surface area contributed by atoms with E-state index in [1.807, 2.05) is 0 Å². The van der Waals surface area contributed by atoms with E-state index in [2.05, 4.69) is 25.9 Å². The van der Waals surface area contributed by atoms with Gasteiger partial charge in [-0.2, -0.15) is 0 Å². The van der Waals surface area contributed by atoms with Crippen LogP contribution in [-0.2, 0) is 30.4 Å². The van der Waals surface area contributed by atoms with Crippen LogP contribution in [-0.4, -0.2) is 74.0 Å². The van der Waals surface area contributed by atoms with Gasteiger partial charge in [-0.05, 0) is 12.8 Å². The normalized spacial score (nSPS) is 15.5. The Bertz CT molecular complexity index is 813. The lowest BCUT2D eigenvalue weighted by atomic mass is 9.97. The zero-order valence-corrected chi connectivity index (χ0v) is 18.1. The Kier molecular flexibility index (Phi) is 10.3. The number of imidazole rings is 1. The number of hydrogen-bond acceptors (Lipinski definition) is 7. The summed E-state index contributed by atoms with van der Waals surface area (Å²) >= 11 is 0. The zero-order valence-electron chi connectivity index (χ0n) is 18.1. The predicted molar refractivity (Wildman–Crippen MR) is 111 cm³/mol. The lowest BCUT2D eigenvalue weighted by molar-refractivity contribution is -0.142. The van der Waals surface area contributed by atoms with Crippen molar-refractivity contribution in [2.75, 3.05) is 0 Å². The van der Waals surface area contributed by atoms with Gasteiger partial charge >= 0.3 is 11.9 Å². The lowest BCUT2D eigenvalue weighted by Crippen LogP contribution is -2.58. The molecule has 13 nitrogen and oxygen atoms in total. The molecule has 1 heterocycles. The maximum atomic E-state index is 12.7. The van der Waals surface area contributed by atoms with Crippen LogP contribution in [0.3, 0.4) is 0 Å². The molecule has 5 atom stereocenters. The summed E-state index contributed by atoms with van der Waals surface area (Å²) in [5.41, 5.74) is 6.05. The predicted octanol–water partition coefficient (Wildman–Crippen LogP) is -1.64. The molecule has 13 heteroatoms. The molecule has 5 unspecified atom stereocenters. The van der Waals surface area contributed by atoms with Crippen LogP contribution in [0.4, 0.5) is 0 Å². The number of amides is 3. The van der Waals surface area contributed by atoms with Crippen LogP contribution in [0.2, 0.25) is 0 Å². The third-order valence-corrected chi connectivity index (χ3v) is 4.87. The Morgan fingerprint density at radius 1 is 1.06 bits per heavy atom. The maximum absolute atomic E-state index is 12.7. The van der Waals surface area contributed by atoms with E-state index in [0.717, 1.165) is 0 Å². The van der Waals surface area contributed by atoms with Crippen molar-refractivity contribution in [3.63, 3.8) is 0 Å². The third kappa shape index (κ3) is 8.34. The highest BCUT2D eigenvalue weighted by Crippen LogP contribution is 2.09. The van der Waals surface area contributed by atoms with Crippen LogP contribution in [0.5, 0.6) is 0 Å². The Morgan fingerprint density at radius 3 is 2.22 bits per heavy atom. The van der Waals surface area contributed by atoms with Gasteiger partial charge in [-0.3, -0.25) is 19.2 Å². The zero-order chi connectivity index (χ0) is 24.4. The summed E-state index contributed by atoms with van der Waals surface area (Å²) in [5, 5.41) is 25.4. The molecule has 0 aliphatic carbocycles. The topological polar surface area (TPSA) is 217 Å². The largest absolute Gasteiger partial charge is 0.481 e. The van der Waals surface area contributed by atoms with Crippen molar-refractivity contribution >= 4 is 29.7 Å². The molecule has 1 aromatic rings. The van der Waals surface area contributed by atoms with E-state index in [4.69, 9.17) is 10.8 Å². The summed E-state index contributed by atoms with van der Waals surface area (Å²) in [4.78, 5) is 66.1. The molecule has 8 N–H and O–H groups in total. The number of carbonyl (C=O) groups excluding carboxylic acids is 3. The van der Waals surface area contributed by atoms with Crippen molar-refractivity contribution in [2.24, 2.45) is 11.7 Å². The number of carboxylic acids is 2. The van der Waals surface area contributed by atoms with Gasteiger partial charge in [-0.25, -0.2) is 9.78 Å². The van der Waals surface area contributed by atoms with Crippen molar-refractivity contribution in [1.29, 1.82) is 0 Å². The Hall–Kier alpha value is -3.48. The number of nitrogens with one attached hydrogen (secondary N) is 4. The molecule has 0 spiro atoms. The summed E-state index contributed by atoms with van der Waals surface area (Å²) in [6, 6.07) is -4.77. The molecular formula is C19H30N6O7. The smallest absolute Gasteiger partial charge is 0.326 e. The van der Waals surface area contributed by atoms with Crippen molar-refractivity contribution < 1.29 is 34.2 Å². The molecule has 1 rings (SSSR count). The van der Waals surface area contributed by atoms with Crippen molar-refractivity contribution in [3.8, 4) is 0 Å². The van der Waals surface area contributed by atoms with E-state index in [9.17, 15) is 29.1 Å². The van der Waals surface area contributed by atoms with E-state index in [1.54, 1.807) is 13.8 Å². The number of hydrogen-bond donors (Lipinski definition) is 7. The molecular weight excluding hydrogens is 424 g/mol. The summed E-state index contributed by atoms with van der Waals surface area (Å²) in [6.07, 6.45) is 2.67. The molecule has 0 aliphatic rings. The number of H-pyrrole nitrogens is 1. The molecule has 0 bridgehead atoms. The molecule has 0 saturated heterocycles. The standard InChI is InChI=1S/C19H30N6O7/c1-4-9(2)15(25-17(29)12(20)6-14(26)27)18(30)23-10(3)16(28)24-13(19(31)32)5-11-7-21-8-22-11/h7-10,12-13,15H,4-6,20H2,1-3H3,(H,21,22)(H,23,30)(H,24,28)(H,25,29)(H,26,27)(H,31,32). The molecule has 0 fully saturated rings. The minimum Gasteiger partial charge on any atom is -0.481 e. The van der Waals surface area contributed by atoms with Crippen LogP contribution < -0.4 is 21.7 Å². The van der Waals surface area contributed by atoms with E-state index < -0.39 is 60.2 Å². The van der Waals surface area contributed by atoms with E-state index >= 15 is 0 Å². The third-order valence-electron chi connectivity index (χ3n) is 4.87. The SMILES string of the molecule is CCC(C)C(NC(=O)C(N)CC(=O)O)C(=O)NC(C)C(=O)NC(Cc1cnc[nH]1)C(=O)O. The van der Waals surface area contributed by atoms with Gasteiger partial charge < -0.3 is 36.9 Å². The summed E-state index contributed by atoms with van der Waals surface area (Å²) in [6.45, 7) is 4.86. The number of aliphatic carboxylic acids is 2. The second-order valence-corrected chi connectivity index (χ2v) is 7.49. The molecule has 3 amide bonds. The Morgan fingerprint density at radius 2 is 1.72 bits per heavy atom. The maximum Gasteiger partial charge on any atom is 0.326 e. The highest BCUT2D eigenvalue weighted by molar-refractivity contribution is 5.94. The van der Waals surface area contributed by atoms with Gasteiger partial charge in [-0.1, -0.05) is 20.3 Å². The van der Waals surface area contributed by atoms with Gasteiger partial charge in [0.2, 0.25) is 17.7 Å². The van der Waals surface area contributed by atoms with Crippen molar-refractivity contribution in [2.45, 2.75) is 64.2 Å². The molecule has 0 aliphatic heterocycles. The first-order chi connectivity index (χ1) is 15.0. The first-order valence-electron chi connectivity index (χ1n) is 10.0. The monoisotopic (exact) mass is 454 g/mol. The van der Waals surface area contributed by atoms with Crippen LogP contribution in [0, 0.1) is 5.92 Å². The van der Waals surface area contributed by atoms with Crippen molar-refractivity contribution in [3.05, 3.63) is 18.2 Å². The fourth-order valence-corrected chi connectivity index (χ4v) is 2.72. The van der Waals surface area contributed by atoms with Crippen LogP contribution >= 0.6 is 0 Å². The molecule has 0 aromatic carbocycles. The van der Waals surface area contributed by atoms with Crippen LogP contribution in [0.25, 0.3) is 0 Å². The van der Waals surface area contributed by atoms with Gasteiger partial charge in [0.1, 0.15) is 18.1 Å². The number of nitrogens with zero attached hydrogens (tertiary/aromatic N) is 1. The number of aromatic nitrogens is 2. The Labute approximate surface area is 184 Å². The quantitative estimate of drug-likeness (QED) is 0.181. The molecule has 1 aromatic heterocycles. The van der Waals surface area contributed by atoms with Gasteiger partial charge in [0.15, 0.2) is 0 Å². The van der Waals surface area contributed by atoms with E-state index in [1.165, 1.54) is 19.4 Å². The van der Waals surface area contributed by atoms with Crippen LogP contribution in [0.15, 0.2) is 12.5 Å². The first-order valence-corrected chi connectivity index (χ1v) is 10.0.